The van der Waals surface area contributed by atoms with Crippen LogP contribution in [0.25, 0.3) is 0 Å². The number of amides is 1. The van der Waals surface area contributed by atoms with Gasteiger partial charge in [-0.05, 0) is 45.1 Å². The Morgan fingerprint density at radius 1 is 1.24 bits per heavy atom. The zero-order valence-corrected chi connectivity index (χ0v) is 17.6. The van der Waals surface area contributed by atoms with Gasteiger partial charge < -0.3 is 14.8 Å². The van der Waals surface area contributed by atoms with Gasteiger partial charge in [0.05, 0.1) is 19.8 Å². The Hall–Kier alpha value is -2.70. The molecule has 0 saturated heterocycles. The van der Waals surface area contributed by atoms with Crippen LogP contribution >= 0.6 is 0 Å². The topological polar surface area (TPSA) is 94.1 Å². The Kier molecular flexibility index (Phi) is 7.93. The third kappa shape index (κ3) is 5.43. The predicted octanol–water partition coefficient (Wildman–Crippen LogP) is 2.99. The summed E-state index contributed by atoms with van der Waals surface area (Å²) in [6, 6.07) is 8.73. The summed E-state index contributed by atoms with van der Waals surface area (Å²) in [5.41, 5.74) is 0.697. The van der Waals surface area contributed by atoms with E-state index in [1.807, 2.05) is 37.3 Å². The number of aliphatic imine (C=N–C) groups is 1. The maximum absolute atomic E-state index is 13.1. The molecule has 29 heavy (non-hydrogen) atoms. The molecule has 1 saturated carbocycles. The van der Waals surface area contributed by atoms with Crippen molar-refractivity contribution in [2.24, 2.45) is 10.4 Å². The summed E-state index contributed by atoms with van der Waals surface area (Å²) in [5.74, 6) is -1.37. The number of carbonyl (C=O) groups is 3. The first-order valence-electron chi connectivity index (χ1n) is 9.98. The number of hydrogen-bond donors (Lipinski definition) is 1. The molecule has 0 aromatic heterocycles. The van der Waals surface area contributed by atoms with Crippen LogP contribution in [0.4, 0.5) is 0 Å². The van der Waals surface area contributed by atoms with Gasteiger partial charge >= 0.3 is 11.9 Å². The molecule has 1 fully saturated rings. The Balaban J connectivity index is 2.43. The number of nitrogens with zero attached hydrogens (tertiary/aromatic N) is 1. The fourth-order valence-electron chi connectivity index (χ4n) is 3.89. The number of nitrogens with one attached hydrogen (secondary N) is 1. The van der Waals surface area contributed by atoms with E-state index in [4.69, 9.17) is 14.5 Å². The van der Waals surface area contributed by atoms with Crippen molar-refractivity contribution in [2.45, 2.75) is 58.5 Å². The second kappa shape index (κ2) is 10.2. The van der Waals surface area contributed by atoms with Gasteiger partial charge in [0.25, 0.3) is 0 Å². The molecule has 0 radical (unpaired) electrons. The van der Waals surface area contributed by atoms with Gasteiger partial charge in [-0.2, -0.15) is 0 Å². The van der Waals surface area contributed by atoms with Crippen LogP contribution in [0.2, 0.25) is 0 Å². The van der Waals surface area contributed by atoms with Gasteiger partial charge in [0.2, 0.25) is 5.91 Å². The first-order valence-corrected chi connectivity index (χ1v) is 9.98. The van der Waals surface area contributed by atoms with Gasteiger partial charge in [-0.1, -0.05) is 30.3 Å². The van der Waals surface area contributed by atoms with Crippen LogP contribution in [-0.4, -0.2) is 43.3 Å². The standard InChI is InChI=1S/C22H30N2O5/c1-5-29-21(27)22(14-18(20(26)28-4)24-16(3)25)13-9-12-19(22)23-15(2)17-10-7-6-8-11-17/h6-8,10-11,15,18H,5,9,12-14H2,1-4H3,(H,24,25)/t15-,18+,22+/m1/s1. The summed E-state index contributed by atoms with van der Waals surface area (Å²) in [4.78, 5) is 41.8. The third-order valence-corrected chi connectivity index (χ3v) is 5.28. The molecule has 7 heteroatoms. The van der Waals surface area contributed by atoms with Crippen LogP contribution in [0.15, 0.2) is 35.3 Å². The number of ether oxygens (including phenoxy) is 2. The summed E-state index contributed by atoms with van der Waals surface area (Å²) in [6.07, 6.45) is 1.98. The summed E-state index contributed by atoms with van der Waals surface area (Å²) in [6.45, 7) is 5.27. The summed E-state index contributed by atoms with van der Waals surface area (Å²) < 4.78 is 10.2. The SMILES string of the molecule is CCOC(=O)[C@]1(C[C@H](NC(C)=O)C(=O)OC)CCCC1=N[C@H](C)c1ccccc1. The maximum Gasteiger partial charge on any atom is 0.328 e. The molecule has 1 aliphatic carbocycles. The Bertz CT molecular complexity index is 762. The summed E-state index contributed by atoms with van der Waals surface area (Å²) >= 11 is 0. The van der Waals surface area contributed by atoms with Crippen LogP contribution in [-0.2, 0) is 23.9 Å². The lowest BCUT2D eigenvalue weighted by Crippen LogP contribution is -2.48. The fraction of sp³-hybridized carbons (Fsp3) is 0.545. The second-order valence-corrected chi connectivity index (χ2v) is 7.30. The van der Waals surface area contributed by atoms with Crippen LogP contribution in [0.3, 0.4) is 0 Å². The number of hydrogen-bond acceptors (Lipinski definition) is 6. The van der Waals surface area contributed by atoms with Crippen molar-refractivity contribution in [3.8, 4) is 0 Å². The average Bonchev–Trinajstić information content (AvgIpc) is 3.10. The second-order valence-electron chi connectivity index (χ2n) is 7.30. The number of rotatable bonds is 8. The highest BCUT2D eigenvalue weighted by atomic mass is 16.5. The largest absolute Gasteiger partial charge is 0.467 e. The molecule has 1 amide bonds. The molecule has 1 aliphatic rings. The van der Waals surface area contributed by atoms with E-state index in [9.17, 15) is 14.4 Å². The van der Waals surface area contributed by atoms with Crippen molar-refractivity contribution >= 4 is 23.6 Å². The van der Waals surface area contributed by atoms with Gasteiger partial charge in [0.15, 0.2) is 0 Å². The van der Waals surface area contributed by atoms with Gasteiger partial charge in [0, 0.05) is 12.6 Å². The maximum atomic E-state index is 13.1. The molecule has 0 bridgehead atoms. The summed E-state index contributed by atoms with van der Waals surface area (Å²) in [5, 5.41) is 2.61. The Labute approximate surface area is 171 Å². The minimum atomic E-state index is -1.06. The quantitative estimate of drug-likeness (QED) is 0.675. The number of esters is 2. The minimum absolute atomic E-state index is 0.0679. The van der Waals surface area contributed by atoms with E-state index in [0.29, 0.717) is 18.6 Å². The molecule has 0 heterocycles. The highest BCUT2D eigenvalue weighted by Crippen LogP contribution is 2.42. The normalized spacial score (nSPS) is 22.0. The van der Waals surface area contributed by atoms with E-state index in [0.717, 1.165) is 12.0 Å². The molecule has 0 unspecified atom stereocenters. The highest BCUT2D eigenvalue weighted by Gasteiger charge is 2.50. The molecule has 1 aromatic rings. The zero-order valence-electron chi connectivity index (χ0n) is 17.6. The molecular formula is C22H30N2O5. The molecule has 3 atom stereocenters. The lowest BCUT2D eigenvalue weighted by Gasteiger charge is -2.31. The smallest absolute Gasteiger partial charge is 0.328 e. The van der Waals surface area contributed by atoms with E-state index < -0.39 is 23.4 Å². The average molecular weight is 402 g/mol. The van der Waals surface area contributed by atoms with Gasteiger partial charge in [-0.3, -0.25) is 14.6 Å². The molecule has 158 valence electrons. The molecule has 1 N–H and O–H groups in total. The third-order valence-electron chi connectivity index (χ3n) is 5.28. The first-order chi connectivity index (χ1) is 13.8. The van der Waals surface area contributed by atoms with E-state index in [-0.39, 0.29) is 25.0 Å². The number of methoxy groups -OCH3 is 1. The van der Waals surface area contributed by atoms with Gasteiger partial charge in [0.1, 0.15) is 11.5 Å². The van der Waals surface area contributed by atoms with Crippen LogP contribution in [0.1, 0.15) is 58.1 Å². The van der Waals surface area contributed by atoms with Crippen molar-refractivity contribution in [2.75, 3.05) is 13.7 Å². The van der Waals surface area contributed by atoms with Crippen molar-refractivity contribution in [1.82, 2.24) is 5.32 Å². The van der Waals surface area contributed by atoms with Crippen LogP contribution in [0.5, 0.6) is 0 Å². The zero-order chi connectivity index (χ0) is 21.4. The molecule has 0 spiro atoms. The highest BCUT2D eigenvalue weighted by molar-refractivity contribution is 6.08. The number of benzene rings is 1. The van der Waals surface area contributed by atoms with E-state index in [2.05, 4.69) is 5.32 Å². The fourth-order valence-corrected chi connectivity index (χ4v) is 3.89. The molecule has 0 aliphatic heterocycles. The Morgan fingerprint density at radius 2 is 1.93 bits per heavy atom. The van der Waals surface area contributed by atoms with Crippen molar-refractivity contribution in [1.29, 1.82) is 0 Å². The monoisotopic (exact) mass is 402 g/mol. The van der Waals surface area contributed by atoms with Crippen molar-refractivity contribution < 1.29 is 23.9 Å². The van der Waals surface area contributed by atoms with Crippen LogP contribution in [0, 0.1) is 5.41 Å². The molecule has 2 rings (SSSR count). The minimum Gasteiger partial charge on any atom is -0.467 e. The van der Waals surface area contributed by atoms with Gasteiger partial charge in [-0.15, -0.1) is 0 Å². The van der Waals surface area contributed by atoms with Crippen LogP contribution < -0.4 is 5.32 Å². The Morgan fingerprint density at radius 3 is 2.52 bits per heavy atom. The van der Waals surface area contributed by atoms with E-state index in [1.54, 1.807) is 6.92 Å². The van der Waals surface area contributed by atoms with E-state index in [1.165, 1.54) is 14.0 Å². The van der Waals surface area contributed by atoms with E-state index >= 15 is 0 Å². The molecule has 1 aromatic carbocycles. The molecule has 7 nitrogen and oxygen atoms in total. The van der Waals surface area contributed by atoms with Crippen molar-refractivity contribution in [3.05, 3.63) is 35.9 Å². The summed E-state index contributed by atoms with van der Waals surface area (Å²) in [7, 11) is 1.26. The molecular weight excluding hydrogens is 372 g/mol. The lowest BCUT2D eigenvalue weighted by atomic mass is 9.78. The number of carbonyl (C=O) groups excluding carboxylic acids is 3. The van der Waals surface area contributed by atoms with Crippen molar-refractivity contribution in [3.63, 3.8) is 0 Å². The first kappa shape index (κ1) is 22.6. The lowest BCUT2D eigenvalue weighted by molar-refractivity contribution is -0.153. The van der Waals surface area contributed by atoms with Gasteiger partial charge in [-0.25, -0.2) is 4.79 Å². The predicted molar refractivity (Wildman–Crippen MR) is 109 cm³/mol.